The molecule has 2 rings (SSSR count). The number of carbonyl (C=O) groups excluding carboxylic acids is 1. The van der Waals surface area contributed by atoms with Gasteiger partial charge in [0.1, 0.15) is 6.61 Å². The third-order valence-electron chi connectivity index (χ3n) is 3.49. The topological polar surface area (TPSA) is 78.9 Å². The van der Waals surface area contributed by atoms with Crippen molar-refractivity contribution in [1.82, 2.24) is 4.90 Å². The normalized spacial score (nSPS) is 14.4. The lowest BCUT2D eigenvalue weighted by molar-refractivity contribution is -0.141. The van der Waals surface area contributed by atoms with E-state index in [1.54, 1.807) is 19.1 Å². The maximum Gasteiger partial charge on any atom is 0.308 e. The van der Waals surface area contributed by atoms with Crippen molar-refractivity contribution >= 4 is 17.6 Å². The summed E-state index contributed by atoms with van der Waals surface area (Å²) in [5.41, 5.74) is 1.27. The summed E-state index contributed by atoms with van der Waals surface area (Å²) in [5.74, 6) is -1.16. The van der Waals surface area contributed by atoms with E-state index in [1.165, 1.54) is 4.90 Å². The van der Waals surface area contributed by atoms with E-state index in [1.807, 2.05) is 13.0 Å². The fourth-order valence-corrected chi connectivity index (χ4v) is 2.27. The van der Waals surface area contributed by atoms with E-state index < -0.39 is 11.9 Å². The van der Waals surface area contributed by atoms with Crippen LogP contribution in [0.5, 0.6) is 5.75 Å². The first-order chi connectivity index (χ1) is 10.0. The van der Waals surface area contributed by atoms with Gasteiger partial charge in [0.15, 0.2) is 5.75 Å². The Balaban J connectivity index is 2.24. The summed E-state index contributed by atoms with van der Waals surface area (Å²) in [6, 6.07) is 5.37. The number of carboxylic acid groups (broad SMARTS) is 1. The molecule has 1 aliphatic heterocycles. The minimum Gasteiger partial charge on any atom is -0.489 e. The van der Waals surface area contributed by atoms with E-state index in [4.69, 9.17) is 9.84 Å². The van der Waals surface area contributed by atoms with Crippen molar-refractivity contribution in [2.24, 2.45) is 5.92 Å². The number of nitrogens with one attached hydrogen (secondary N) is 1. The Morgan fingerprint density at radius 1 is 1.48 bits per heavy atom. The second kappa shape index (κ2) is 6.47. The Hall–Kier alpha value is -2.24. The highest BCUT2D eigenvalue weighted by atomic mass is 16.5. The zero-order valence-corrected chi connectivity index (χ0v) is 12.3. The fourth-order valence-electron chi connectivity index (χ4n) is 2.27. The molecule has 0 aromatic heterocycles. The summed E-state index contributed by atoms with van der Waals surface area (Å²) in [6.45, 7) is 5.28. The summed E-state index contributed by atoms with van der Waals surface area (Å²) >= 11 is 0. The molecule has 0 bridgehead atoms. The number of fused-ring (bicyclic) bond motifs is 1. The summed E-state index contributed by atoms with van der Waals surface area (Å²) in [7, 11) is 0. The minimum absolute atomic E-state index is 0.182. The van der Waals surface area contributed by atoms with Gasteiger partial charge in [-0.15, -0.1) is 0 Å². The van der Waals surface area contributed by atoms with E-state index in [0.717, 1.165) is 5.69 Å². The predicted molar refractivity (Wildman–Crippen MR) is 78.8 cm³/mol. The molecule has 6 nitrogen and oxygen atoms in total. The minimum atomic E-state index is -0.908. The molecule has 114 valence electrons. The van der Waals surface area contributed by atoms with Crippen LogP contribution in [0.1, 0.15) is 24.2 Å². The highest BCUT2D eigenvalue weighted by molar-refractivity contribution is 5.99. The number of anilines is 1. The number of para-hydroxylation sites is 1. The first-order valence-corrected chi connectivity index (χ1v) is 7.06. The van der Waals surface area contributed by atoms with Crippen LogP contribution in [0.25, 0.3) is 0 Å². The average Bonchev–Trinajstić information content (AvgIpc) is 2.51. The number of rotatable bonds is 5. The van der Waals surface area contributed by atoms with Crippen LogP contribution in [0.15, 0.2) is 18.2 Å². The van der Waals surface area contributed by atoms with E-state index in [2.05, 4.69) is 5.32 Å². The SMILES string of the molecule is CCN(CC(C)C(=O)O)C(=O)c1cccc2c1OCCN2. The molecule has 1 aromatic rings. The highest BCUT2D eigenvalue weighted by Crippen LogP contribution is 2.32. The van der Waals surface area contributed by atoms with Crippen LogP contribution in [0.3, 0.4) is 0 Å². The zero-order chi connectivity index (χ0) is 15.4. The zero-order valence-electron chi connectivity index (χ0n) is 12.3. The molecule has 21 heavy (non-hydrogen) atoms. The van der Waals surface area contributed by atoms with Crippen molar-refractivity contribution in [3.05, 3.63) is 23.8 Å². The summed E-state index contributed by atoms with van der Waals surface area (Å²) in [5, 5.41) is 12.2. The van der Waals surface area contributed by atoms with E-state index in [9.17, 15) is 9.59 Å². The molecule has 0 spiro atoms. The van der Waals surface area contributed by atoms with Gasteiger partial charge in [-0.25, -0.2) is 0 Å². The quantitative estimate of drug-likeness (QED) is 0.863. The summed E-state index contributed by atoms with van der Waals surface area (Å²) in [4.78, 5) is 25.1. The number of ether oxygens (including phenoxy) is 1. The van der Waals surface area contributed by atoms with E-state index in [0.29, 0.717) is 31.0 Å². The van der Waals surface area contributed by atoms with Crippen LogP contribution >= 0.6 is 0 Å². The number of hydrogen-bond donors (Lipinski definition) is 2. The van der Waals surface area contributed by atoms with Crippen molar-refractivity contribution in [2.45, 2.75) is 13.8 Å². The monoisotopic (exact) mass is 292 g/mol. The second-order valence-electron chi connectivity index (χ2n) is 5.04. The molecule has 1 unspecified atom stereocenters. The maximum atomic E-state index is 12.6. The first kappa shape index (κ1) is 15.2. The molecule has 6 heteroatoms. The lowest BCUT2D eigenvalue weighted by Crippen LogP contribution is -2.37. The van der Waals surface area contributed by atoms with Gasteiger partial charge >= 0.3 is 5.97 Å². The summed E-state index contributed by atoms with van der Waals surface area (Å²) in [6.07, 6.45) is 0. The van der Waals surface area contributed by atoms with E-state index in [-0.39, 0.29) is 12.5 Å². The van der Waals surface area contributed by atoms with Gasteiger partial charge in [-0.2, -0.15) is 0 Å². The van der Waals surface area contributed by atoms with Crippen molar-refractivity contribution < 1.29 is 19.4 Å². The molecule has 2 N–H and O–H groups in total. The third-order valence-corrected chi connectivity index (χ3v) is 3.49. The number of nitrogens with zero attached hydrogens (tertiary/aromatic N) is 1. The second-order valence-corrected chi connectivity index (χ2v) is 5.04. The molecule has 1 amide bonds. The lowest BCUT2D eigenvalue weighted by atomic mass is 10.1. The number of carbonyl (C=O) groups is 2. The Bertz CT molecular complexity index is 544. The lowest BCUT2D eigenvalue weighted by Gasteiger charge is -2.26. The fraction of sp³-hybridized carbons (Fsp3) is 0.467. The molecule has 0 saturated carbocycles. The van der Waals surface area contributed by atoms with Crippen molar-refractivity contribution in [3.63, 3.8) is 0 Å². The number of benzene rings is 1. The predicted octanol–water partition coefficient (Wildman–Crippen LogP) is 1.67. The summed E-state index contributed by atoms with van der Waals surface area (Å²) < 4.78 is 5.60. The molecule has 0 aliphatic carbocycles. The van der Waals surface area contributed by atoms with Crippen LogP contribution in [0, 0.1) is 5.92 Å². The van der Waals surface area contributed by atoms with Gasteiger partial charge in [-0.1, -0.05) is 13.0 Å². The Labute approximate surface area is 123 Å². The van der Waals surface area contributed by atoms with Crippen molar-refractivity contribution in [2.75, 3.05) is 31.6 Å². The number of amides is 1. The molecular formula is C15H20N2O4. The van der Waals surface area contributed by atoms with E-state index >= 15 is 0 Å². The van der Waals surface area contributed by atoms with Gasteiger partial charge in [0.25, 0.3) is 5.91 Å². The van der Waals surface area contributed by atoms with Crippen LogP contribution in [0.4, 0.5) is 5.69 Å². The highest BCUT2D eigenvalue weighted by Gasteiger charge is 2.25. The molecule has 0 saturated heterocycles. The Morgan fingerprint density at radius 3 is 2.90 bits per heavy atom. The standard InChI is InChI=1S/C15H20N2O4/c1-3-17(9-10(2)15(19)20)14(18)11-5-4-6-12-13(11)21-8-7-16-12/h4-6,10,16H,3,7-9H2,1-2H3,(H,19,20). The van der Waals surface area contributed by atoms with Crippen LogP contribution in [-0.2, 0) is 4.79 Å². The van der Waals surface area contributed by atoms with Gasteiger partial charge in [-0.3, -0.25) is 9.59 Å². The van der Waals surface area contributed by atoms with Gasteiger partial charge in [-0.05, 0) is 19.1 Å². The Kier molecular flexibility index (Phi) is 4.67. The smallest absolute Gasteiger partial charge is 0.308 e. The van der Waals surface area contributed by atoms with Crippen LogP contribution in [0.2, 0.25) is 0 Å². The Morgan fingerprint density at radius 2 is 2.24 bits per heavy atom. The van der Waals surface area contributed by atoms with Gasteiger partial charge in [0.2, 0.25) is 0 Å². The van der Waals surface area contributed by atoms with Gasteiger partial charge in [0.05, 0.1) is 17.2 Å². The average molecular weight is 292 g/mol. The van der Waals surface area contributed by atoms with Crippen LogP contribution < -0.4 is 10.1 Å². The molecule has 1 atom stereocenters. The molecule has 0 radical (unpaired) electrons. The number of hydrogen-bond acceptors (Lipinski definition) is 4. The van der Waals surface area contributed by atoms with Crippen molar-refractivity contribution in [1.29, 1.82) is 0 Å². The largest absolute Gasteiger partial charge is 0.489 e. The molecule has 1 aromatic carbocycles. The molecule has 1 aliphatic rings. The van der Waals surface area contributed by atoms with Crippen molar-refractivity contribution in [3.8, 4) is 5.75 Å². The van der Waals surface area contributed by atoms with Gasteiger partial charge < -0.3 is 20.1 Å². The molecule has 0 fully saturated rings. The third kappa shape index (κ3) is 3.26. The van der Waals surface area contributed by atoms with Gasteiger partial charge in [0, 0.05) is 19.6 Å². The number of aliphatic carboxylic acids is 1. The number of carboxylic acids is 1. The molecular weight excluding hydrogens is 272 g/mol. The first-order valence-electron chi connectivity index (χ1n) is 7.06. The van der Waals surface area contributed by atoms with Crippen LogP contribution in [-0.4, -0.2) is 48.1 Å². The molecule has 1 heterocycles. The maximum absolute atomic E-state index is 12.6.